The second-order valence-corrected chi connectivity index (χ2v) is 9.69. The Bertz CT molecular complexity index is 1130. The van der Waals surface area contributed by atoms with Gasteiger partial charge in [-0.15, -0.1) is 0 Å². The van der Waals surface area contributed by atoms with E-state index in [1.807, 2.05) is 25.1 Å². The number of likely N-dealkylation sites (N-methyl/N-ethyl adjacent to an activating group) is 1. The van der Waals surface area contributed by atoms with Gasteiger partial charge in [-0.05, 0) is 30.2 Å². The van der Waals surface area contributed by atoms with E-state index in [1.165, 1.54) is 23.3 Å². The van der Waals surface area contributed by atoms with Crippen LogP contribution in [0.4, 0.5) is 5.13 Å². The molecule has 0 aliphatic carbocycles. The Hall–Kier alpha value is -2.56. The molecular formula is C19H22N4O4S2. The van der Waals surface area contributed by atoms with Crippen molar-refractivity contribution in [2.45, 2.75) is 13.5 Å². The minimum atomic E-state index is -3.49. The van der Waals surface area contributed by atoms with E-state index in [0.29, 0.717) is 16.4 Å². The molecule has 0 aliphatic heterocycles. The molecule has 0 spiro atoms. The third-order valence-electron chi connectivity index (χ3n) is 4.43. The number of aryl methyl sites for hydroxylation is 1. The third-order valence-corrected chi connectivity index (χ3v) is 6.91. The van der Waals surface area contributed by atoms with Crippen molar-refractivity contribution in [2.75, 3.05) is 31.9 Å². The van der Waals surface area contributed by atoms with Crippen LogP contribution in [0, 0.1) is 6.92 Å². The van der Waals surface area contributed by atoms with E-state index in [1.54, 1.807) is 25.6 Å². The van der Waals surface area contributed by atoms with Crippen LogP contribution in [0.3, 0.4) is 0 Å². The number of sulfonamides is 1. The molecule has 2 heterocycles. The maximum atomic E-state index is 13.1. The summed E-state index contributed by atoms with van der Waals surface area (Å²) >= 11 is 1.37. The van der Waals surface area contributed by atoms with Gasteiger partial charge in [0.2, 0.25) is 15.9 Å². The first-order valence-corrected chi connectivity index (χ1v) is 11.4. The van der Waals surface area contributed by atoms with Crippen molar-refractivity contribution in [3.05, 3.63) is 47.8 Å². The Morgan fingerprint density at radius 3 is 2.66 bits per heavy atom. The van der Waals surface area contributed by atoms with E-state index in [0.717, 1.165) is 26.4 Å². The molecule has 1 aromatic carbocycles. The van der Waals surface area contributed by atoms with Gasteiger partial charge in [0.05, 0.1) is 31.2 Å². The molecule has 3 aromatic rings. The van der Waals surface area contributed by atoms with Crippen LogP contribution in [-0.4, -0.2) is 55.6 Å². The highest BCUT2D eigenvalue weighted by atomic mass is 32.2. The molecule has 8 nitrogen and oxygen atoms in total. The average Bonchev–Trinajstić information content (AvgIpc) is 3.12. The Morgan fingerprint density at radius 2 is 2.03 bits per heavy atom. The summed E-state index contributed by atoms with van der Waals surface area (Å²) in [6.45, 7) is 1.91. The topological polar surface area (TPSA) is 92.7 Å². The van der Waals surface area contributed by atoms with Gasteiger partial charge in [-0.25, -0.2) is 13.4 Å². The van der Waals surface area contributed by atoms with Crippen molar-refractivity contribution >= 4 is 42.6 Å². The summed E-state index contributed by atoms with van der Waals surface area (Å²) in [7, 11) is -0.544. The number of pyridine rings is 1. The van der Waals surface area contributed by atoms with Crippen LogP contribution in [0.1, 0.15) is 11.1 Å². The lowest BCUT2D eigenvalue weighted by molar-refractivity contribution is -0.118. The maximum Gasteiger partial charge on any atom is 0.244 e. The van der Waals surface area contributed by atoms with Crippen molar-refractivity contribution in [3.8, 4) is 5.75 Å². The molecule has 0 saturated heterocycles. The van der Waals surface area contributed by atoms with E-state index < -0.39 is 10.0 Å². The van der Waals surface area contributed by atoms with Crippen molar-refractivity contribution in [3.63, 3.8) is 0 Å². The van der Waals surface area contributed by atoms with E-state index in [9.17, 15) is 13.2 Å². The predicted octanol–water partition coefficient (Wildman–Crippen LogP) is 2.43. The number of amides is 1. The minimum absolute atomic E-state index is 0.228. The summed E-state index contributed by atoms with van der Waals surface area (Å²) in [5, 5.41) is 0.475. The van der Waals surface area contributed by atoms with Gasteiger partial charge in [-0.1, -0.05) is 23.5 Å². The minimum Gasteiger partial charge on any atom is -0.494 e. The zero-order valence-corrected chi connectivity index (χ0v) is 18.2. The smallest absolute Gasteiger partial charge is 0.244 e. The molecule has 10 heteroatoms. The number of hydrogen-bond donors (Lipinski definition) is 0. The van der Waals surface area contributed by atoms with Crippen LogP contribution >= 0.6 is 11.3 Å². The molecule has 154 valence electrons. The van der Waals surface area contributed by atoms with Crippen molar-refractivity contribution in [2.24, 2.45) is 0 Å². The van der Waals surface area contributed by atoms with Gasteiger partial charge in [-0.2, -0.15) is 4.31 Å². The summed E-state index contributed by atoms with van der Waals surface area (Å²) in [6.07, 6.45) is 4.39. The number of aromatic nitrogens is 2. The molecule has 3 rings (SSSR count). The molecule has 0 bridgehead atoms. The number of methoxy groups -OCH3 is 1. The lowest BCUT2D eigenvalue weighted by Gasteiger charge is -2.22. The molecule has 0 unspecified atom stereocenters. The Morgan fingerprint density at radius 1 is 1.28 bits per heavy atom. The van der Waals surface area contributed by atoms with E-state index >= 15 is 0 Å². The summed E-state index contributed by atoms with van der Waals surface area (Å²) in [4.78, 5) is 23.3. The highest BCUT2D eigenvalue weighted by molar-refractivity contribution is 7.88. The molecule has 0 fully saturated rings. The maximum absolute atomic E-state index is 13.1. The number of rotatable bonds is 7. The van der Waals surface area contributed by atoms with Crippen LogP contribution in [0.25, 0.3) is 10.2 Å². The number of ether oxygens (including phenoxy) is 1. The molecule has 29 heavy (non-hydrogen) atoms. The van der Waals surface area contributed by atoms with Crippen LogP contribution in [0.15, 0.2) is 36.7 Å². The van der Waals surface area contributed by atoms with E-state index in [-0.39, 0.29) is 19.0 Å². The van der Waals surface area contributed by atoms with Crippen molar-refractivity contribution < 1.29 is 17.9 Å². The Labute approximate surface area is 173 Å². The number of anilines is 1. The first kappa shape index (κ1) is 21.2. The quantitative estimate of drug-likeness (QED) is 0.567. The van der Waals surface area contributed by atoms with Crippen molar-refractivity contribution in [1.82, 2.24) is 14.3 Å². The van der Waals surface area contributed by atoms with Gasteiger partial charge in [-0.3, -0.25) is 14.7 Å². The molecular weight excluding hydrogens is 412 g/mol. The van der Waals surface area contributed by atoms with Crippen molar-refractivity contribution in [1.29, 1.82) is 0 Å². The first-order chi connectivity index (χ1) is 13.7. The van der Waals surface area contributed by atoms with Gasteiger partial charge in [0, 0.05) is 19.4 Å². The molecule has 0 aliphatic rings. The van der Waals surface area contributed by atoms with Gasteiger partial charge >= 0.3 is 0 Å². The van der Waals surface area contributed by atoms with Gasteiger partial charge in [0.1, 0.15) is 11.3 Å². The fourth-order valence-corrected chi connectivity index (χ4v) is 4.12. The number of nitrogens with zero attached hydrogens (tertiary/aromatic N) is 4. The van der Waals surface area contributed by atoms with Gasteiger partial charge in [0.25, 0.3) is 0 Å². The van der Waals surface area contributed by atoms with Gasteiger partial charge < -0.3 is 4.74 Å². The number of fused-ring (bicyclic) bond motifs is 1. The van der Waals surface area contributed by atoms with E-state index in [2.05, 4.69) is 9.97 Å². The molecule has 2 aromatic heterocycles. The number of thiazole rings is 1. The highest BCUT2D eigenvalue weighted by Gasteiger charge is 2.25. The second-order valence-electron chi connectivity index (χ2n) is 6.62. The Balaban J connectivity index is 2.04. The average molecular weight is 435 g/mol. The Kier molecular flexibility index (Phi) is 6.15. The highest BCUT2D eigenvalue weighted by Crippen LogP contribution is 2.36. The van der Waals surface area contributed by atoms with Crippen LogP contribution in [0.2, 0.25) is 0 Å². The van der Waals surface area contributed by atoms with Crippen LogP contribution < -0.4 is 9.64 Å². The zero-order chi connectivity index (χ0) is 21.2. The summed E-state index contributed by atoms with van der Waals surface area (Å²) in [6, 6.07) is 7.42. The third kappa shape index (κ3) is 4.72. The molecule has 1 amide bonds. The lowest BCUT2D eigenvalue weighted by atomic mass is 10.2. The summed E-state index contributed by atoms with van der Waals surface area (Å²) in [5.74, 6) is 0.243. The second kappa shape index (κ2) is 8.44. The number of carbonyl (C=O) groups is 1. The largest absolute Gasteiger partial charge is 0.494 e. The standard InChI is InChI=1S/C19H22N4O4S2/c1-13-7-8-15(27-3)17-18(13)28-19(21-17)23(11-14-6-5-9-20-10-14)16(24)12-22(2)29(4,25)26/h5-10H,11-12H2,1-4H3. The summed E-state index contributed by atoms with van der Waals surface area (Å²) < 4.78 is 30.9. The van der Waals surface area contributed by atoms with Crippen LogP contribution in [0.5, 0.6) is 5.75 Å². The summed E-state index contributed by atoms with van der Waals surface area (Å²) in [5.41, 5.74) is 2.50. The number of hydrogen-bond acceptors (Lipinski definition) is 7. The molecule has 0 atom stereocenters. The monoisotopic (exact) mass is 434 g/mol. The lowest BCUT2D eigenvalue weighted by Crippen LogP contribution is -2.40. The van der Waals surface area contributed by atoms with E-state index in [4.69, 9.17) is 4.74 Å². The number of carbonyl (C=O) groups excluding carboxylic acids is 1. The molecule has 0 saturated carbocycles. The van der Waals surface area contributed by atoms with Gasteiger partial charge in [0.15, 0.2) is 5.13 Å². The number of benzene rings is 1. The SMILES string of the molecule is COc1ccc(C)c2sc(N(Cc3cccnc3)C(=O)CN(C)S(C)(=O)=O)nc12. The molecule has 0 N–H and O–H groups in total. The fraction of sp³-hybridized carbons (Fsp3) is 0.316. The van der Waals surface area contributed by atoms with Crippen LogP contribution in [-0.2, 0) is 21.4 Å². The zero-order valence-electron chi connectivity index (χ0n) is 16.6. The first-order valence-electron chi connectivity index (χ1n) is 8.75. The predicted molar refractivity (Wildman–Crippen MR) is 114 cm³/mol. The normalized spacial score (nSPS) is 11.8. The fourth-order valence-electron chi connectivity index (χ4n) is 2.71. The molecule has 0 radical (unpaired) electrons.